The van der Waals surface area contributed by atoms with E-state index in [9.17, 15) is 48.3 Å². The minimum atomic E-state index is -1.10. The summed E-state index contributed by atoms with van der Waals surface area (Å²) in [5, 5.41) is 33.6. The van der Waals surface area contributed by atoms with Gasteiger partial charge in [-0.25, -0.2) is 19.1 Å². The number of nitrogens with two attached hydrogens (primary N) is 1. The fourth-order valence-corrected chi connectivity index (χ4v) is 17.1. The van der Waals surface area contributed by atoms with Crippen LogP contribution in [0.15, 0.2) is 54.8 Å². The van der Waals surface area contributed by atoms with E-state index < -0.39 is 89.9 Å². The number of ether oxygens (including phenoxy) is 15. The number of amides is 8. The molecule has 11 aliphatic rings. The second-order valence-corrected chi connectivity index (χ2v) is 32.5. The van der Waals surface area contributed by atoms with Crippen LogP contribution < -0.4 is 32.3 Å². The lowest BCUT2D eigenvalue weighted by molar-refractivity contribution is -0.292. The monoisotopic (exact) mass is 1650 g/mol. The third kappa shape index (κ3) is 25.5. The fraction of sp³-hybridized carbons (Fsp3) is 0.741. The largest absolute Gasteiger partial charge is 0.445 e. The second-order valence-electron chi connectivity index (χ2n) is 32.5. The van der Waals surface area contributed by atoms with Crippen molar-refractivity contribution < 1.29 is 124 Å². The van der Waals surface area contributed by atoms with Gasteiger partial charge in [-0.3, -0.25) is 28.8 Å². The number of nitrogens with one attached hydrogen (secondary N) is 5. The molecule has 0 radical (unpaired) electrons. The van der Waals surface area contributed by atoms with Crippen LogP contribution in [0.25, 0.3) is 0 Å². The zero-order valence-electron chi connectivity index (χ0n) is 67.3. The van der Waals surface area contributed by atoms with E-state index in [1.54, 1.807) is 49.0 Å². The van der Waals surface area contributed by atoms with Gasteiger partial charge in [0.15, 0.2) is 5.79 Å². The Morgan fingerprint density at radius 2 is 1.34 bits per heavy atom. The molecule has 8 amide bonds. The zero-order chi connectivity index (χ0) is 82.5. The molecular formula is C81H118N10O26. The Morgan fingerprint density at radius 3 is 2.09 bits per heavy atom. The molecule has 8 N–H and O–H groups in total. The summed E-state index contributed by atoms with van der Waals surface area (Å²) in [5.41, 5.74) is 8.94. The van der Waals surface area contributed by atoms with E-state index >= 15 is 0 Å². The summed E-state index contributed by atoms with van der Waals surface area (Å²) in [6, 6.07) is 3.66. The number of rotatable bonds is 40. The standard InChI is InChI=1S/C81H118N10O26/c1-47(2)71(87-67(94)19-24-102-27-30-105-32-29-104-26-23-90-44-54(88-89-90)46-107-34-33-106-31-28-103-25-20-70(97)117-91-68(95)16-17-69(91)96)78(99)86-61(7-6-22-83-79(82)100)77(98)85-53-10-8-51(9-11-53)45-108-80(101)84-43-56(93)40-60-38-52-37-55(92)39-58-13-15-63-72(112-58)76-75-74(113-63)73-66(114-75)42-81(115-73,116-76)21-18-59-36-49(4)62(109-59)14-12-57-35-48(3)50(5)64(110-57)41-65(52)111-60/h8-11,44,47-48,52,56-66,71-76,93H,4-7,12-43,45-46H2,1-3H3,(H,84,101)(H,85,98)(H,86,99)(H,87,94)(H3,82,83,100)/t48-,52-,56+,57+,58-,59?,60+,61+,62+,63+,64-,65+,66-,71+,72+,73+,74+,75-,76+,81?/m1/s1. The Hall–Kier alpha value is -7.53. The first-order valence-electron chi connectivity index (χ1n) is 41.7. The van der Waals surface area contributed by atoms with Crippen molar-refractivity contribution in [2.45, 2.75) is 278 Å². The highest BCUT2D eigenvalue weighted by Crippen LogP contribution is 2.55. The molecule has 1 spiro atoms. The van der Waals surface area contributed by atoms with Crippen LogP contribution >= 0.6 is 0 Å². The molecule has 12 bridgehead atoms. The molecule has 12 heterocycles. The molecule has 20 atom stereocenters. The number of carbonyl (C=O) groups is 9. The Balaban J connectivity index is 0.524. The third-order valence-corrected chi connectivity index (χ3v) is 23.2. The Bertz CT molecular complexity index is 3690. The molecular weight excluding hydrogens is 1530 g/mol. The number of primary amides is 1. The quantitative estimate of drug-likeness (QED) is 0.0281. The number of carbonyl (C=O) groups excluding carboxylic acids is 9. The molecule has 13 rings (SSSR count). The number of fused-ring (bicyclic) bond motifs is 6. The average Bonchev–Trinajstić information content (AvgIpc) is 1.55. The normalized spacial score (nSPS) is 30.2. The van der Waals surface area contributed by atoms with Crippen molar-refractivity contribution in [3.05, 3.63) is 66.0 Å². The minimum Gasteiger partial charge on any atom is -0.445 e. The Morgan fingerprint density at radius 1 is 0.667 bits per heavy atom. The van der Waals surface area contributed by atoms with Gasteiger partial charge >= 0.3 is 18.1 Å². The number of nitrogens with zero attached hydrogens (tertiary/aromatic N) is 4. The van der Waals surface area contributed by atoms with Gasteiger partial charge in [-0.05, 0) is 111 Å². The van der Waals surface area contributed by atoms with Gasteiger partial charge in [-0.15, -0.1) is 10.2 Å². The van der Waals surface area contributed by atoms with E-state index in [4.69, 9.17) is 81.6 Å². The molecule has 1 aromatic heterocycles. The van der Waals surface area contributed by atoms with Crippen LogP contribution in [0.4, 0.5) is 15.3 Å². The summed E-state index contributed by atoms with van der Waals surface area (Å²) in [4.78, 5) is 120. The molecule has 2 aromatic rings. The van der Waals surface area contributed by atoms with Crippen LogP contribution in [0, 0.1) is 17.8 Å². The van der Waals surface area contributed by atoms with E-state index in [1.807, 2.05) is 0 Å². The van der Waals surface area contributed by atoms with Crippen LogP contribution in [0.5, 0.6) is 0 Å². The summed E-state index contributed by atoms with van der Waals surface area (Å²) in [5.74, 6) is -4.61. The highest BCUT2D eigenvalue weighted by molar-refractivity contribution is 6.01. The van der Waals surface area contributed by atoms with E-state index in [2.05, 4.69) is 57.0 Å². The van der Waals surface area contributed by atoms with Gasteiger partial charge in [-0.2, -0.15) is 0 Å². The van der Waals surface area contributed by atoms with Crippen molar-refractivity contribution >= 4 is 59.1 Å². The number of aliphatic hydroxyl groups excluding tert-OH is 1. The van der Waals surface area contributed by atoms with E-state index in [0.717, 1.165) is 49.7 Å². The summed E-state index contributed by atoms with van der Waals surface area (Å²) in [6.07, 6.45) is 4.79. The fourth-order valence-electron chi connectivity index (χ4n) is 17.1. The van der Waals surface area contributed by atoms with Gasteiger partial charge in [0.2, 0.25) is 17.7 Å². The number of Topliss-reactive ketones (excluding diaryl/α,β-unsaturated/α-hetero) is 1. The summed E-state index contributed by atoms with van der Waals surface area (Å²) >= 11 is 0. The number of hydrogen-bond donors (Lipinski definition) is 7. The molecule has 1 aromatic carbocycles. The van der Waals surface area contributed by atoms with Crippen LogP contribution in [-0.4, -0.2) is 274 Å². The molecule has 648 valence electrons. The maximum atomic E-state index is 14.4. The number of hydroxylamine groups is 2. The molecule has 36 nitrogen and oxygen atoms in total. The lowest BCUT2D eigenvalue weighted by Crippen LogP contribution is -2.61. The highest BCUT2D eigenvalue weighted by Gasteiger charge is 2.69. The van der Waals surface area contributed by atoms with Gasteiger partial charge in [0.25, 0.3) is 11.8 Å². The SMILES string of the molecule is C=C1CC2CCC34C[C@H]5O[C@H]6[C@@H](O3)[C@H]3O[C@H](CC[C@@H]3O[C@H]6[C@H]5O4)CC(=O)C[C@@H]3C[C@@H](C[C@H](O)CNC(=O)OCc4ccc(NC(=O)[C@H](CCCNC(N)=O)NC(=O)[C@@H](NC(=O)CCOCCOCCOCCn5cc(COCCOCCOCCC(=O)ON6C(=O)CCC6=O)nn5)C(C)C)cc4)O[C@H]3C[C@H]3O[C@@H](CC[C@@H]1O2)C[C@@H](C)C3=C. The first-order valence-corrected chi connectivity index (χ1v) is 41.7. The van der Waals surface area contributed by atoms with E-state index in [1.165, 1.54) is 0 Å². The molecule has 2 unspecified atom stereocenters. The lowest BCUT2D eigenvalue weighted by atomic mass is 9.82. The smallest absolute Gasteiger partial charge is 0.407 e. The molecule has 0 saturated carbocycles. The summed E-state index contributed by atoms with van der Waals surface area (Å²) < 4.78 is 95.0. The molecule has 11 saturated heterocycles. The number of anilines is 1. The van der Waals surface area contributed by atoms with Crippen molar-refractivity contribution in [3.63, 3.8) is 0 Å². The minimum absolute atomic E-state index is 0.0179. The van der Waals surface area contributed by atoms with Gasteiger partial charge in [0, 0.05) is 76.6 Å². The first kappa shape index (κ1) is 88.7. The zero-order valence-corrected chi connectivity index (χ0v) is 67.3. The predicted molar refractivity (Wildman–Crippen MR) is 410 cm³/mol. The number of imide groups is 1. The number of benzene rings is 1. The van der Waals surface area contributed by atoms with Gasteiger partial charge < -0.3 is 113 Å². The van der Waals surface area contributed by atoms with Crippen LogP contribution in [0.1, 0.15) is 160 Å². The van der Waals surface area contributed by atoms with Crippen molar-refractivity contribution in [3.8, 4) is 0 Å². The number of aromatic nitrogens is 3. The number of alkyl carbamates (subject to hydrolysis) is 1. The van der Waals surface area contributed by atoms with Crippen LogP contribution in [0.2, 0.25) is 0 Å². The van der Waals surface area contributed by atoms with Crippen LogP contribution in [0.3, 0.4) is 0 Å². The average molecular weight is 1650 g/mol. The highest BCUT2D eigenvalue weighted by atomic mass is 16.8. The maximum absolute atomic E-state index is 14.4. The van der Waals surface area contributed by atoms with Crippen molar-refractivity contribution in [1.82, 2.24) is 41.3 Å². The number of urea groups is 1. The van der Waals surface area contributed by atoms with Crippen molar-refractivity contribution in [1.29, 1.82) is 0 Å². The number of ketones is 1. The van der Waals surface area contributed by atoms with Crippen molar-refractivity contribution in [2.75, 3.05) is 91.1 Å². The second kappa shape index (κ2) is 43.1. The third-order valence-electron chi connectivity index (χ3n) is 23.2. The molecule has 11 aliphatic heterocycles. The topological polar surface area (TPSA) is 442 Å². The summed E-state index contributed by atoms with van der Waals surface area (Å²) in [6.45, 7) is 17.8. The Kier molecular flexibility index (Phi) is 32.7. The number of hydrogen-bond acceptors (Lipinski definition) is 28. The van der Waals surface area contributed by atoms with E-state index in [0.29, 0.717) is 93.7 Å². The predicted octanol–water partition coefficient (Wildman–Crippen LogP) is 4.07. The van der Waals surface area contributed by atoms with Crippen molar-refractivity contribution in [2.24, 2.45) is 23.5 Å². The molecule has 11 fully saturated rings. The molecule has 36 heteroatoms. The van der Waals surface area contributed by atoms with Gasteiger partial charge in [-0.1, -0.05) is 51.3 Å². The van der Waals surface area contributed by atoms with Crippen LogP contribution in [-0.2, 0) is 129 Å². The molecule has 0 aliphatic carbocycles. The first-order chi connectivity index (χ1) is 56.5. The Labute approximate surface area is 680 Å². The number of aliphatic hydroxyl groups is 1. The maximum Gasteiger partial charge on any atom is 0.407 e. The van der Waals surface area contributed by atoms with Gasteiger partial charge in [0.1, 0.15) is 60.7 Å². The van der Waals surface area contributed by atoms with Gasteiger partial charge in [0.05, 0.1) is 159 Å². The molecule has 117 heavy (non-hydrogen) atoms. The summed E-state index contributed by atoms with van der Waals surface area (Å²) in [7, 11) is 0. The lowest BCUT2D eigenvalue weighted by Gasteiger charge is -2.47. The van der Waals surface area contributed by atoms with E-state index in [-0.39, 0.29) is 214 Å².